The largest absolute Gasteiger partial charge is 0.343 e. The van der Waals surface area contributed by atoms with Crippen molar-refractivity contribution < 1.29 is 9.59 Å². The zero-order valence-corrected chi connectivity index (χ0v) is 11.4. The number of nitrogens with one attached hydrogen (secondary N) is 3. The summed E-state index contributed by atoms with van der Waals surface area (Å²) in [6, 6.07) is 5.32. The van der Waals surface area contributed by atoms with Crippen molar-refractivity contribution in [1.82, 2.24) is 15.8 Å². The van der Waals surface area contributed by atoms with E-state index in [1.807, 2.05) is 32.0 Å². The number of hydrogen-bond acceptors (Lipinski definition) is 3. The molecule has 0 saturated carbocycles. The minimum atomic E-state index is -0.505. The predicted molar refractivity (Wildman–Crippen MR) is 75.5 cm³/mol. The van der Waals surface area contributed by atoms with Crippen LogP contribution >= 0.6 is 12.2 Å². The van der Waals surface area contributed by atoms with Crippen LogP contribution < -0.4 is 16.1 Å². The van der Waals surface area contributed by atoms with Crippen molar-refractivity contribution in [1.29, 1.82) is 0 Å². The second kappa shape index (κ2) is 5.23. The Morgan fingerprint density at radius 1 is 1.32 bits per heavy atom. The molecule has 2 rings (SSSR count). The van der Waals surface area contributed by atoms with Gasteiger partial charge in [-0.1, -0.05) is 6.07 Å². The third-order valence-electron chi connectivity index (χ3n) is 2.79. The first-order valence-electron chi connectivity index (χ1n) is 5.72. The van der Waals surface area contributed by atoms with Gasteiger partial charge in [-0.25, -0.2) is 9.80 Å². The van der Waals surface area contributed by atoms with E-state index >= 15 is 0 Å². The molecule has 0 atom stereocenters. The number of hydrogen-bond donors (Lipinski definition) is 3. The summed E-state index contributed by atoms with van der Waals surface area (Å²) in [5.74, 6) is -0.355. The maximum Gasteiger partial charge on any atom is 0.343 e. The van der Waals surface area contributed by atoms with Crippen LogP contribution in [0.4, 0.5) is 10.5 Å². The van der Waals surface area contributed by atoms with Crippen LogP contribution in [0.15, 0.2) is 18.2 Å². The van der Waals surface area contributed by atoms with Crippen molar-refractivity contribution in [2.24, 2.45) is 0 Å². The fourth-order valence-electron chi connectivity index (χ4n) is 1.63. The molecule has 0 unspecified atom stereocenters. The molecular formula is C12H14N4O2S. The number of anilines is 1. The van der Waals surface area contributed by atoms with E-state index in [4.69, 9.17) is 12.2 Å². The number of amides is 3. The third kappa shape index (κ3) is 3.19. The Labute approximate surface area is 116 Å². The van der Waals surface area contributed by atoms with Crippen molar-refractivity contribution in [2.45, 2.75) is 13.8 Å². The number of aryl methyl sites for hydroxylation is 2. The van der Waals surface area contributed by atoms with Crippen molar-refractivity contribution in [3.8, 4) is 0 Å². The monoisotopic (exact) mass is 278 g/mol. The van der Waals surface area contributed by atoms with E-state index in [1.54, 1.807) is 0 Å². The second-order valence-corrected chi connectivity index (χ2v) is 4.71. The molecule has 3 amide bonds. The van der Waals surface area contributed by atoms with E-state index in [-0.39, 0.29) is 17.6 Å². The zero-order chi connectivity index (χ0) is 14.0. The Morgan fingerprint density at radius 3 is 2.63 bits per heavy atom. The van der Waals surface area contributed by atoms with E-state index in [2.05, 4.69) is 16.1 Å². The predicted octanol–water partition coefficient (Wildman–Crippen LogP) is 1.06. The van der Waals surface area contributed by atoms with Gasteiger partial charge in [0.05, 0.1) is 0 Å². The highest BCUT2D eigenvalue weighted by Crippen LogP contribution is 2.14. The lowest BCUT2D eigenvalue weighted by molar-refractivity contribution is -0.118. The molecule has 1 aromatic carbocycles. The maximum absolute atomic E-state index is 11.3. The van der Waals surface area contributed by atoms with Crippen LogP contribution in [0.1, 0.15) is 11.1 Å². The number of nitrogens with zero attached hydrogens (tertiary/aromatic N) is 1. The Hall–Kier alpha value is -2.15. The molecule has 0 aromatic heterocycles. The topological polar surface area (TPSA) is 73.5 Å². The molecule has 1 aliphatic heterocycles. The highest BCUT2D eigenvalue weighted by molar-refractivity contribution is 7.80. The van der Waals surface area contributed by atoms with E-state index in [1.165, 1.54) is 5.56 Å². The summed E-state index contributed by atoms with van der Waals surface area (Å²) in [7, 11) is 0. The van der Waals surface area contributed by atoms with E-state index < -0.39 is 6.03 Å². The number of carbonyl (C=O) groups excluding carboxylic acids is 2. The summed E-state index contributed by atoms with van der Waals surface area (Å²) in [5, 5.41) is 6.49. The molecule has 0 bridgehead atoms. The van der Waals surface area contributed by atoms with Gasteiger partial charge in [-0.2, -0.15) is 0 Å². The molecule has 19 heavy (non-hydrogen) atoms. The van der Waals surface area contributed by atoms with E-state index in [9.17, 15) is 9.59 Å². The summed E-state index contributed by atoms with van der Waals surface area (Å²) in [4.78, 5) is 22.3. The minimum absolute atomic E-state index is 0.0480. The van der Waals surface area contributed by atoms with Gasteiger partial charge < -0.3 is 5.32 Å². The van der Waals surface area contributed by atoms with Crippen molar-refractivity contribution in [3.63, 3.8) is 0 Å². The van der Waals surface area contributed by atoms with Gasteiger partial charge in [0, 0.05) is 5.69 Å². The number of rotatable bonds is 2. The summed E-state index contributed by atoms with van der Waals surface area (Å²) in [5.41, 5.74) is 5.82. The number of carbonyl (C=O) groups is 2. The molecule has 1 heterocycles. The summed E-state index contributed by atoms with van der Waals surface area (Å²) in [6.45, 7) is 3.98. The van der Waals surface area contributed by atoms with Gasteiger partial charge in [0.1, 0.15) is 6.54 Å². The number of thiocarbonyl (C=S) groups is 1. The van der Waals surface area contributed by atoms with E-state index in [0.29, 0.717) is 0 Å². The Kier molecular flexibility index (Phi) is 3.66. The molecule has 0 spiro atoms. The van der Waals surface area contributed by atoms with Gasteiger partial charge in [0.15, 0.2) is 5.11 Å². The average molecular weight is 278 g/mol. The molecule has 0 aliphatic carbocycles. The minimum Gasteiger partial charge on any atom is -0.331 e. The zero-order valence-electron chi connectivity index (χ0n) is 10.6. The highest BCUT2D eigenvalue weighted by atomic mass is 32.1. The van der Waals surface area contributed by atoms with Crippen LogP contribution in [0.2, 0.25) is 0 Å². The molecule has 1 aromatic rings. The first kappa shape index (κ1) is 13.3. The van der Waals surface area contributed by atoms with Gasteiger partial charge in [0.2, 0.25) is 5.91 Å². The van der Waals surface area contributed by atoms with Crippen LogP contribution in [0.25, 0.3) is 0 Å². The van der Waals surface area contributed by atoms with Crippen molar-refractivity contribution >= 4 is 35.0 Å². The summed E-state index contributed by atoms with van der Waals surface area (Å²) in [6.07, 6.45) is 0. The highest BCUT2D eigenvalue weighted by Gasteiger charge is 2.27. The molecule has 100 valence electrons. The first-order valence-corrected chi connectivity index (χ1v) is 6.13. The molecule has 7 heteroatoms. The average Bonchev–Trinajstić information content (AvgIpc) is 2.62. The van der Waals surface area contributed by atoms with Gasteiger partial charge >= 0.3 is 6.03 Å². The van der Waals surface area contributed by atoms with Crippen LogP contribution in [-0.2, 0) is 4.79 Å². The fraction of sp³-hybridized carbons (Fsp3) is 0.250. The quantitative estimate of drug-likeness (QED) is 0.557. The van der Waals surface area contributed by atoms with Gasteiger partial charge in [0.25, 0.3) is 0 Å². The standard InChI is InChI=1S/C12H14N4O2S/c1-7-3-4-9(5-8(7)2)13-11(19)15-16-6-10(17)14-12(16)18/h3-5H,6H2,1-2H3,(H2,13,15,19)(H,14,17,18). The number of hydrazine groups is 1. The Morgan fingerprint density at radius 2 is 2.05 bits per heavy atom. The second-order valence-electron chi connectivity index (χ2n) is 4.30. The molecule has 0 radical (unpaired) electrons. The van der Waals surface area contributed by atoms with Crippen molar-refractivity contribution in [3.05, 3.63) is 29.3 Å². The summed E-state index contributed by atoms with van der Waals surface area (Å²) < 4.78 is 0. The molecule has 1 saturated heterocycles. The lowest BCUT2D eigenvalue weighted by atomic mass is 10.1. The molecule has 1 aliphatic rings. The van der Waals surface area contributed by atoms with Crippen LogP contribution in [0.3, 0.4) is 0 Å². The molecule has 1 fully saturated rings. The third-order valence-corrected chi connectivity index (χ3v) is 2.99. The van der Waals surface area contributed by atoms with E-state index in [0.717, 1.165) is 16.3 Å². The molecular weight excluding hydrogens is 264 g/mol. The maximum atomic E-state index is 11.3. The lowest BCUT2D eigenvalue weighted by Crippen LogP contribution is -2.45. The first-order chi connectivity index (χ1) is 8.95. The van der Waals surface area contributed by atoms with Gasteiger partial charge in [-0.05, 0) is 49.3 Å². The smallest absolute Gasteiger partial charge is 0.331 e. The number of urea groups is 1. The Bertz CT molecular complexity index is 559. The van der Waals surface area contributed by atoms with Crippen LogP contribution in [-0.4, -0.2) is 28.6 Å². The Balaban J connectivity index is 1.96. The molecule has 6 nitrogen and oxygen atoms in total. The summed E-state index contributed by atoms with van der Waals surface area (Å²) >= 11 is 5.09. The molecule has 3 N–H and O–H groups in total. The van der Waals surface area contributed by atoms with Crippen molar-refractivity contribution in [2.75, 3.05) is 11.9 Å². The number of benzene rings is 1. The number of imide groups is 1. The van der Waals surface area contributed by atoms with Gasteiger partial charge in [-0.3, -0.25) is 15.5 Å². The van der Waals surface area contributed by atoms with Gasteiger partial charge in [-0.15, -0.1) is 0 Å². The fourth-order valence-corrected chi connectivity index (χ4v) is 1.86. The lowest BCUT2D eigenvalue weighted by Gasteiger charge is -2.17. The normalized spacial score (nSPS) is 14.3. The van der Waals surface area contributed by atoms with Crippen LogP contribution in [0, 0.1) is 13.8 Å². The van der Waals surface area contributed by atoms with Crippen LogP contribution in [0.5, 0.6) is 0 Å². The SMILES string of the molecule is Cc1ccc(NC(=S)NN2CC(=O)NC2=O)cc1C.